The third-order valence-electron chi connectivity index (χ3n) is 4.30. The molecular formula is C18H17N5O. The van der Waals surface area contributed by atoms with Crippen LogP contribution in [0.1, 0.15) is 10.5 Å². The number of hydrogen-bond acceptors (Lipinski definition) is 5. The van der Waals surface area contributed by atoms with Gasteiger partial charge in [-0.2, -0.15) is 0 Å². The molecule has 0 spiro atoms. The molecule has 0 N–H and O–H groups in total. The minimum Gasteiger partial charge on any atom is -0.353 e. The van der Waals surface area contributed by atoms with Crippen molar-refractivity contribution in [3.63, 3.8) is 0 Å². The molecule has 24 heavy (non-hydrogen) atoms. The average Bonchev–Trinajstić information content (AvgIpc) is 2.68. The summed E-state index contributed by atoms with van der Waals surface area (Å²) in [6.45, 7) is 2.82. The van der Waals surface area contributed by atoms with Gasteiger partial charge in [-0.25, -0.2) is 9.97 Å². The first-order valence-corrected chi connectivity index (χ1v) is 7.97. The molecule has 0 bridgehead atoms. The Morgan fingerprint density at radius 3 is 2.54 bits per heavy atom. The maximum absolute atomic E-state index is 12.4. The fourth-order valence-corrected chi connectivity index (χ4v) is 3.05. The van der Waals surface area contributed by atoms with Gasteiger partial charge in [0.05, 0.1) is 6.20 Å². The van der Waals surface area contributed by atoms with E-state index >= 15 is 0 Å². The second kappa shape index (κ2) is 6.23. The number of hydrogen-bond donors (Lipinski definition) is 0. The van der Waals surface area contributed by atoms with E-state index < -0.39 is 0 Å². The van der Waals surface area contributed by atoms with E-state index in [1.807, 2.05) is 29.3 Å². The molecule has 4 rings (SSSR count). The van der Waals surface area contributed by atoms with Crippen molar-refractivity contribution in [3.05, 3.63) is 60.8 Å². The first-order chi connectivity index (χ1) is 11.8. The molecular weight excluding hydrogens is 302 g/mol. The van der Waals surface area contributed by atoms with Crippen molar-refractivity contribution in [2.24, 2.45) is 0 Å². The number of benzene rings is 1. The van der Waals surface area contributed by atoms with E-state index in [-0.39, 0.29) is 5.91 Å². The lowest BCUT2D eigenvalue weighted by atomic mass is 10.1. The lowest BCUT2D eigenvalue weighted by Crippen LogP contribution is -2.49. The van der Waals surface area contributed by atoms with E-state index in [1.54, 1.807) is 12.4 Å². The fraction of sp³-hybridized carbons (Fsp3) is 0.222. The van der Waals surface area contributed by atoms with Gasteiger partial charge in [-0.3, -0.25) is 9.78 Å². The molecule has 0 aliphatic carbocycles. The number of pyridine rings is 1. The Kier molecular flexibility index (Phi) is 3.78. The number of carbonyl (C=O) groups excluding carboxylic acids is 1. The Hall–Kier alpha value is -3.02. The van der Waals surface area contributed by atoms with Crippen molar-refractivity contribution in [2.75, 3.05) is 31.1 Å². The average molecular weight is 319 g/mol. The zero-order chi connectivity index (χ0) is 16.4. The molecule has 1 aliphatic heterocycles. The third kappa shape index (κ3) is 2.67. The highest BCUT2D eigenvalue weighted by Crippen LogP contribution is 2.25. The molecule has 6 nitrogen and oxygen atoms in total. The van der Waals surface area contributed by atoms with Crippen LogP contribution in [0.2, 0.25) is 0 Å². The van der Waals surface area contributed by atoms with E-state index in [0.29, 0.717) is 18.8 Å². The molecule has 1 amide bonds. The standard InChI is InChI=1S/C18H17N5O/c24-18(16-13-19-7-8-20-16)23-11-9-22(10-12-23)17-15-4-2-1-3-14(15)5-6-21-17/h1-8,13H,9-12H2. The van der Waals surface area contributed by atoms with Crippen LogP contribution < -0.4 is 4.90 Å². The monoisotopic (exact) mass is 319 g/mol. The molecule has 0 unspecified atom stereocenters. The molecule has 120 valence electrons. The molecule has 3 aromatic rings. The van der Waals surface area contributed by atoms with Crippen LogP contribution in [0.3, 0.4) is 0 Å². The second-order valence-electron chi connectivity index (χ2n) is 5.73. The number of piperazine rings is 1. The Morgan fingerprint density at radius 1 is 0.917 bits per heavy atom. The van der Waals surface area contributed by atoms with E-state index in [1.165, 1.54) is 11.6 Å². The lowest BCUT2D eigenvalue weighted by molar-refractivity contribution is 0.0740. The summed E-state index contributed by atoms with van der Waals surface area (Å²) in [5.74, 6) is 0.924. The number of carbonyl (C=O) groups is 1. The molecule has 6 heteroatoms. The molecule has 0 saturated carbocycles. The van der Waals surface area contributed by atoms with Crippen LogP contribution in [0, 0.1) is 0 Å². The van der Waals surface area contributed by atoms with Gasteiger partial charge in [-0.05, 0) is 11.5 Å². The summed E-state index contributed by atoms with van der Waals surface area (Å²) in [5, 5.41) is 2.33. The summed E-state index contributed by atoms with van der Waals surface area (Å²) in [5.41, 5.74) is 0.397. The minimum atomic E-state index is -0.0615. The largest absolute Gasteiger partial charge is 0.353 e. The van der Waals surface area contributed by atoms with Crippen LogP contribution in [0.15, 0.2) is 55.1 Å². The lowest BCUT2D eigenvalue weighted by Gasteiger charge is -2.35. The Bertz CT molecular complexity index is 854. The number of nitrogens with zero attached hydrogens (tertiary/aromatic N) is 5. The van der Waals surface area contributed by atoms with E-state index in [9.17, 15) is 4.79 Å². The SMILES string of the molecule is O=C(c1cnccn1)N1CCN(c2nccc3ccccc23)CC1. The van der Waals surface area contributed by atoms with Gasteiger partial charge in [0.2, 0.25) is 0 Å². The van der Waals surface area contributed by atoms with Gasteiger partial charge in [0, 0.05) is 50.2 Å². The smallest absolute Gasteiger partial charge is 0.274 e. The Balaban J connectivity index is 1.51. The number of rotatable bonds is 2. The minimum absolute atomic E-state index is 0.0615. The van der Waals surface area contributed by atoms with Crippen LogP contribution in [-0.2, 0) is 0 Å². The zero-order valence-corrected chi connectivity index (χ0v) is 13.2. The summed E-state index contributed by atoms with van der Waals surface area (Å²) in [6.07, 6.45) is 6.47. The molecule has 2 aromatic heterocycles. The summed E-state index contributed by atoms with van der Waals surface area (Å²) in [7, 11) is 0. The summed E-state index contributed by atoms with van der Waals surface area (Å²) >= 11 is 0. The quantitative estimate of drug-likeness (QED) is 0.723. The van der Waals surface area contributed by atoms with E-state index in [2.05, 4.69) is 32.0 Å². The molecule has 0 radical (unpaired) electrons. The molecule has 1 aliphatic rings. The predicted molar refractivity (Wildman–Crippen MR) is 91.9 cm³/mol. The van der Waals surface area contributed by atoms with Crippen molar-refractivity contribution >= 4 is 22.5 Å². The van der Waals surface area contributed by atoms with Gasteiger partial charge in [-0.15, -0.1) is 0 Å². The number of amides is 1. The Labute approximate surface area is 139 Å². The van der Waals surface area contributed by atoms with Crippen LogP contribution >= 0.6 is 0 Å². The van der Waals surface area contributed by atoms with Crippen molar-refractivity contribution in [1.29, 1.82) is 0 Å². The highest BCUT2D eigenvalue weighted by atomic mass is 16.2. The predicted octanol–water partition coefficient (Wildman–Crippen LogP) is 1.99. The third-order valence-corrected chi connectivity index (χ3v) is 4.30. The van der Waals surface area contributed by atoms with Crippen molar-refractivity contribution in [2.45, 2.75) is 0 Å². The number of anilines is 1. The zero-order valence-electron chi connectivity index (χ0n) is 13.2. The van der Waals surface area contributed by atoms with Crippen LogP contribution in [0.25, 0.3) is 10.8 Å². The number of aromatic nitrogens is 3. The van der Waals surface area contributed by atoms with Crippen LogP contribution in [-0.4, -0.2) is 51.9 Å². The maximum Gasteiger partial charge on any atom is 0.274 e. The van der Waals surface area contributed by atoms with Gasteiger partial charge in [0.25, 0.3) is 5.91 Å². The fourth-order valence-electron chi connectivity index (χ4n) is 3.05. The van der Waals surface area contributed by atoms with E-state index in [4.69, 9.17) is 0 Å². The van der Waals surface area contributed by atoms with Crippen LogP contribution in [0.5, 0.6) is 0 Å². The Morgan fingerprint density at radius 2 is 1.75 bits per heavy atom. The number of fused-ring (bicyclic) bond motifs is 1. The van der Waals surface area contributed by atoms with Gasteiger partial charge in [-0.1, -0.05) is 24.3 Å². The normalized spacial score (nSPS) is 14.8. The van der Waals surface area contributed by atoms with Crippen molar-refractivity contribution in [3.8, 4) is 0 Å². The summed E-state index contributed by atoms with van der Waals surface area (Å²) in [6, 6.07) is 10.3. The molecule has 0 atom stereocenters. The molecule has 1 aromatic carbocycles. The van der Waals surface area contributed by atoms with E-state index in [0.717, 1.165) is 24.3 Å². The highest BCUT2D eigenvalue weighted by Gasteiger charge is 2.24. The van der Waals surface area contributed by atoms with Crippen molar-refractivity contribution in [1.82, 2.24) is 19.9 Å². The first kappa shape index (κ1) is 14.6. The maximum atomic E-state index is 12.4. The summed E-state index contributed by atoms with van der Waals surface area (Å²) in [4.78, 5) is 29.1. The van der Waals surface area contributed by atoms with Gasteiger partial charge < -0.3 is 9.80 Å². The second-order valence-corrected chi connectivity index (χ2v) is 5.73. The topological polar surface area (TPSA) is 62.2 Å². The molecule has 1 saturated heterocycles. The van der Waals surface area contributed by atoms with Crippen molar-refractivity contribution < 1.29 is 4.79 Å². The van der Waals surface area contributed by atoms with Gasteiger partial charge in [0.1, 0.15) is 11.5 Å². The van der Waals surface area contributed by atoms with Gasteiger partial charge in [0.15, 0.2) is 0 Å². The van der Waals surface area contributed by atoms with Gasteiger partial charge >= 0.3 is 0 Å². The highest BCUT2D eigenvalue weighted by molar-refractivity contribution is 5.93. The molecule has 1 fully saturated rings. The summed E-state index contributed by atoms with van der Waals surface area (Å²) < 4.78 is 0. The molecule has 3 heterocycles. The van der Waals surface area contributed by atoms with Crippen LogP contribution in [0.4, 0.5) is 5.82 Å². The first-order valence-electron chi connectivity index (χ1n) is 7.97.